The maximum absolute atomic E-state index is 13.5. The normalized spacial score (nSPS) is 21.4. The molecular formula is C24H22ClNO7. The molecule has 1 heterocycles. The third kappa shape index (κ3) is 3.41. The molecule has 1 aliphatic carbocycles. The first kappa shape index (κ1) is 22.7. The number of ketones is 3. The van der Waals surface area contributed by atoms with Crippen LogP contribution in [0.15, 0.2) is 36.0 Å². The summed E-state index contributed by atoms with van der Waals surface area (Å²) in [6, 6.07) is 5.98. The number of hydrogen-bond acceptors (Lipinski definition) is 8. The van der Waals surface area contributed by atoms with E-state index in [1.54, 1.807) is 13.0 Å². The van der Waals surface area contributed by atoms with E-state index in [2.05, 4.69) is 5.32 Å². The number of nitrogens with one attached hydrogen (secondary N) is 1. The van der Waals surface area contributed by atoms with E-state index in [9.17, 15) is 19.5 Å². The number of phenols is 1. The average Bonchev–Trinajstić information content (AvgIpc) is 3.09. The summed E-state index contributed by atoms with van der Waals surface area (Å²) in [7, 11) is 2.83. The first-order chi connectivity index (χ1) is 15.6. The molecule has 2 atom stereocenters. The fourth-order valence-corrected chi connectivity index (χ4v) is 4.56. The van der Waals surface area contributed by atoms with E-state index in [-0.39, 0.29) is 44.9 Å². The van der Waals surface area contributed by atoms with E-state index in [1.165, 1.54) is 45.4 Å². The van der Waals surface area contributed by atoms with Gasteiger partial charge in [-0.05, 0) is 31.5 Å². The van der Waals surface area contributed by atoms with E-state index in [4.69, 9.17) is 25.8 Å². The van der Waals surface area contributed by atoms with Gasteiger partial charge < -0.3 is 24.6 Å². The number of fused-ring (bicyclic) bond motifs is 1. The quantitative estimate of drug-likeness (QED) is 0.379. The van der Waals surface area contributed by atoms with Gasteiger partial charge in [0.15, 0.2) is 11.5 Å². The minimum Gasteiger partial charge on any atom is -0.507 e. The Kier molecular flexibility index (Phi) is 5.57. The maximum Gasteiger partial charge on any atom is 0.236 e. The zero-order valence-electron chi connectivity index (χ0n) is 18.4. The lowest BCUT2D eigenvalue weighted by atomic mass is 9.74. The summed E-state index contributed by atoms with van der Waals surface area (Å²) < 4.78 is 16.6. The van der Waals surface area contributed by atoms with Gasteiger partial charge in [-0.3, -0.25) is 14.4 Å². The molecule has 172 valence electrons. The van der Waals surface area contributed by atoms with Crippen molar-refractivity contribution in [3.63, 3.8) is 0 Å². The largest absolute Gasteiger partial charge is 0.507 e. The van der Waals surface area contributed by atoms with Gasteiger partial charge in [-0.25, -0.2) is 0 Å². The Morgan fingerprint density at radius 3 is 2.52 bits per heavy atom. The number of hydrogen-bond donors (Lipinski definition) is 2. The van der Waals surface area contributed by atoms with E-state index in [1.807, 2.05) is 0 Å². The molecule has 4 rings (SSSR count). The molecule has 0 amide bonds. The maximum atomic E-state index is 13.5. The number of anilines is 1. The molecule has 2 aromatic rings. The van der Waals surface area contributed by atoms with E-state index >= 15 is 0 Å². The molecule has 33 heavy (non-hydrogen) atoms. The van der Waals surface area contributed by atoms with Crippen LogP contribution < -0.4 is 19.5 Å². The van der Waals surface area contributed by atoms with Crippen LogP contribution in [-0.2, 0) is 4.79 Å². The zero-order valence-corrected chi connectivity index (χ0v) is 19.2. The van der Waals surface area contributed by atoms with Crippen LogP contribution in [0.2, 0.25) is 5.02 Å². The first-order valence-corrected chi connectivity index (χ1v) is 10.6. The van der Waals surface area contributed by atoms with Gasteiger partial charge >= 0.3 is 0 Å². The van der Waals surface area contributed by atoms with Crippen molar-refractivity contribution < 1.29 is 33.7 Å². The second-order valence-electron chi connectivity index (χ2n) is 8.02. The molecule has 1 aliphatic heterocycles. The molecule has 2 aromatic carbocycles. The lowest BCUT2D eigenvalue weighted by Crippen LogP contribution is -2.55. The predicted molar refractivity (Wildman–Crippen MR) is 121 cm³/mol. The van der Waals surface area contributed by atoms with Crippen molar-refractivity contribution in [2.45, 2.75) is 25.9 Å². The topological polar surface area (TPSA) is 111 Å². The summed E-state index contributed by atoms with van der Waals surface area (Å²) in [5.41, 5.74) is -0.431. The number of halogens is 1. The van der Waals surface area contributed by atoms with Gasteiger partial charge in [-0.2, -0.15) is 0 Å². The minimum absolute atomic E-state index is 0.0625. The Hall–Kier alpha value is -3.52. The number of Topliss-reactive ketones (excluding diaryl/α,β-unsaturated/α-hetero) is 2. The van der Waals surface area contributed by atoms with Gasteiger partial charge in [0.05, 0.1) is 19.8 Å². The van der Waals surface area contributed by atoms with Crippen molar-refractivity contribution in [3.05, 3.63) is 52.2 Å². The molecule has 0 radical (unpaired) electrons. The number of phenolic OH excluding ortho intramolecular Hbond substituents is 1. The Bertz CT molecular complexity index is 1240. The highest BCUT2D eigenvalue weighted by atomic mass is 35.5. The van der Waals surface area contributed by atoms with Crippen molar-refractivity contribution >= 4 is 34.6 Å². The van der Waals surface area contributed by atoms with Crippen LogP contribution in [0.3, 0.4) is 0 Å². The fraction of sp³-hybridized carbons (Fsp3) is 0.292. The summed E-state index contributed by atoms with van der Waals surface area (Å²) in [6.45, 7) is 3.09. The molecule has 2 aliphatic rings. The second-order valence-corrected chi connectivity index (χ2v) is 8.40. The van der Waals surface area contributed by atoms with Crippen LogP contribution >= 0.6 is 11.6 Å². The van der Waals surface area contributed by atoms with Gasteiger partial charge in [-0.15, -0.1) is 0 Å². The lowest BCUT2D eigenvalue weighted by molar-refractivity contribution is -0.129. The highest BCUT2D eigenvalue weighted by Gasteiger charge is 2.60. The molecule has 0 unspecified atom stereocenters. The summed E-state index contributed by atoms with van der Waals surface area (Å²) in [6.07, 6.45) is 1.63. The molecule has 0 fully saturated rings. The van der Waals surface area contributed by atoms with Gasteiger partial charge in [0.1, 0.15) is 27.8 Å². The van der Waals surface area contributed by atoms with Gasteiger partial charge in [0.2, 0.25) is 17.2 Å². The van der Waals surface area contributed by atoms with E-state index in [0.717, 1.165) is 0 Å². The van der Waals surface area contributed by atoms with Crippen molar-refractivity contribution in [1.82, 2.24) is 0 Å². The third-order valence-electron chi connectivity index (χ3n) is 5.99. The van der Waals surface area contributed by atoms with Crippen molar-refractivity contribution in [1.29, 1.82) is 0 Å². The van der Waals surface area contributed by atoms with Crippen LogP contribution in [0.5, 0.6) is 23.0 Å². The number of aromatic hydroxyl groups is 1. The van der Waals surface area contributed by atoms with Crippen molar-refractivity contribution in [3.8, 4) is 23.0 Å². The SMILES string of the molecule is COc1cc(OC)c2c(c1Cl)O[C@@]1(C(=O)C=C(Nc3ccc(O)c(C(C)=O)c3)C[C@H]1C)C2=O. The number of carbonyl (C=O) groups is 3. The number of allylic oxidation sites excluding steroid dienone is 1. The van der Waals surface area contributed by atoms with Gasteiger partial charge in [0.25, 0.3) is 0 Å². The zero-order chi connectivity index (χ0) is 24.1. The molecule has 9 heteroatoms. The summed E-state index contributed by atoms with van der Waals surface area (Å²) in [4.78, 5) is 38.6. The first-order valence-electron chi connectivity index (χ1n) is 10.2. The van der Waals surface area contributed by atoms with Gasteiger partial charge in [0, 0.05) is 29.4 Å². The van der Waals surface area contributed by atoms with Crippen LogP contribution in [0.1, 0.15) is 41.0 Å². The van der Waals surface area contributed by atoms with Crippen LogP contribution in [0.4, 0.5) is 5.69 Å². The highest BCUT2D eigenvalue weighted by Crippen LogP contribution is 2.53. The van der Waals surface area contributed by atoms with Crippen molar-refractivity contribution in [2.24, 2.45) is 5.92 Å². The molecule has 8 nitrogen and oxygen atoms in total. The lowest BCUT2D eigenvalue weighted by Gasteiger charge is -2.35. The van der Waals surface area contributed by atoms with E-state index < -0.39 is 23.1 Å². The molecule has 2 N–H and O–H groups in total. The summed E-state index contributed by atoms with van der Waals surface area (Å²) >= 11 is 6.39. The average molecular weight is 472 g/mol. The number of methoxy groups -OCH3 is 2. The minimum atomic E-state index is -1.77. The number of benzene rings is 2. The Labute approximate surface area is 195 Å². The van der Waals surface area contributed by atoms with Crippen LogP contribution in [-0.4, -0.2) is 42.3 Å². The third-order valence-corrected chi connectivity index (χ3v) is 6.35. The molecular weight excluding hydrogens is 450 g/mol. The predicted octanol–water partition coefficient (Wildman–Crippen LogP) is 4.18. The van der Waals surface area contributed by atoms with Crippen molar-refractivity contribution in [2.75, 3.05) is 19.5 Å². The number of rotatable bonds is 5. The Balaban J connectivity index is 1.70. The fourth-order valence-electron chi connectivity index (χ4n) is 4.30. The smallest absolute Gasteiger partial charge is 0.236 e. The Morgan fingerprint density at radius 2 is 1.91 bits per heavy atom. The molecule has 0 bridgehead atoms. The number of carbonyl (C=O) groups excluding carboxylic acids is 3. The van der Waals surface area contributed by atoms with E-state index in [0.29, 0.717) is 17.8 Å². The summed E-state index contributed by atoms with van der Waals surface area (Å²) in [5.74, 6) is -1.48. The molecule has 1 spiro atoms. The Morgan fingerprint density at radius 1 is 1.21 bits per heavy atom. The monoisotopic (exact) mass is 471 g/mol. The molecule has 0 saturated heterocycles. The second kappa shape index (κ2) is 8.12. The van der Waals surface area contributed by atoms with Gasteiger partial charge in [-0.1, -0.05) is 18.5 Å². The highest BCUT2D eigenvalue weighted by molar-refractivity contribution is 6.36. The molecule has 0 saturated carbocycles. The van der Waals surface area contributed by atoms with Crippen LogP contribution in [0.25, 0.3) is 0 Å². The summed E-state index contributed by atoms with van der Waals surface area (Å²) in [5, 5.41) is 13.0. The number of ether oxygens (including phenoxy) is 3. The standard InChI is InChI=1S/C24H22ClNO7/c1-11-7-14(26-13-5-6-16(28)15(8-13)12(2)27)9-19(29)24(11)23(30)20-17(31-3)10-18(32-4)21(25)22(20)33-24/h5-6,8-11,26,28H,7H2,1-4H3/t11-,24+/m1/s1. The van der Waals surface area contributed by atoms with Crippen LogP contribution in [0, 0.1) is 5.92 Å². The molecule has 0 aromatic heterocycles.